The highest BCUT2D eigenvalue weighted by atomic mass is 16.6. The highest BCUT2D eigenvalue weighted by Crippen LogP contribution is 2.06. The van der Waals surface area contributed by atoms with Gasteiger partial charge in [-0.15, -0.1) is 0 Å². The van der Waals surface area contributed by atoms with E-state index >= 15 is 0 Å². The number of alkyl carbamates (subject to hydrolysis) is 2. The second-order valence-electron chi connectivity index (χ2n) is 8.43. The first-order valence-electron chi connectivity index (χ1n) is 12.4. The Bertz CT molecular complexity index is 1010. The molecule has 0 fully saturated rings. The van der Waals surface area contributed by atoms with Gasteiger partial charge in [0.1, 0.15) is 19.8 Å². The third-order valence-electron chi connectivity index (χ3n) is 5.17. The monoisotopic (exact) mass is 528 g/mol. The second-order valence-corrected chi connectivity index (χ2v) is 8.43. The minimum absolute atomic E-state index is 0.0634. The summed E-state index contributed by atoms with van der Waals surface area (Å²) in [6.07, 6.45) is -0.433. The van der Waals surface area contributed by atoms with Crippen molar-refractivity contribution in [2.24, 2.45) is 0 Å². The number of benzene rings is 2. The maximum atomic E-state index is 12.5. The number of esters is 1. The number of amides is 3. The molecule has 0 saturated carbocycles. The summed E-state index contributed by atoms with van der Waals surface area (Å²) in [4.78, 5) is 48.5. The van der Waals surface area contributed by atoms with Crippen LogP contribution in [0.3, 0.4) is 0 Å². The highest BCUT2D eigenvalue weighted by molar-refractivity contribution is 5.78. The highest BCUT2D eigenvalue weighted by Gasteiger charge is 2.19. The lowest BCUT2D eigenvalue weighted by molar-refractivity contribution is -0.145. The summed E-state index contributed by atoms with van der Waals surface area (Å²) >= 11 is 0. The first kappa shape index (κ1) is 30.1. The lowest BCUT2D eigenvalue weighted by Gasteiger charge is -2.21. The van der Waals surface area contributed by atoms with Gasteiger partial charge in [-0.05, 0) is 30.9 Å². The Labute approximate surface area is 222 Å². The fourth-order valence-electron chi connectivity index (χ4n) is 3.39. The number of rotatable bonds is 15. The fraction of sp³-hybridized carbons (Fsp3) is 0.407. The minimum Gasteiger partial charge on any atom is -0.465 e. The Morgan fingerprint density at radius 2 is 1.42 bits per heavy atom. The first-order valence-corrected chi connectivity index (χ1v) is 12.4. The lowest BCUT2D eigenvalue weighted by atomic mass is 10.1. The van der Waals surface area contributed by atoms with Gasteiger partial charge in [-0.25, -0.2) is 14.6 Å². The summed E-state index contributed by atoms with van der Waals surface area (Å²) in [5.74, 6) is -0.875. The number of hydrogen-bond donors (Lipinski definition) is 3. The van der Waals surface area contributed by atoms with Crippen molar-refractivity contribution < 1.29 is 33.4 Å². The van der Waals surface area contributed by atoms with Crippen molar-refractivity contribution in [3.63, 3.8) is 0 Å². The van der Waals surface area contributed by atoms with E-state index in [4.69, 9.17) is 14.2 Å². The van der Waals surface area contributed by atoms with Crippen LogP contribution in [0.2, 0.25) is 0 Å². The van der Waals surface area contributed by atoms with Crippen LogP contribution >= 0.6 is 0 Å². The number of carbonyl (C=O) groups excluding carboxylic acids is 4. The Morgan fingerprint density at radius 3 is 2.00 bits per heavy atom. The van der Waals surface area contributed by atoms with Gasteiger partial charge in [-0.3, -0.25) is 15.0 Å². The van der Waals surface area contributed by atoms with Gasteiger partial charge in [0, 0.05) is 26.1 Å². The van der Waals surface area contributed by atoms with Crippen LogP contribution in [-0.2, 0) is 37.0 Å². The first-order chi connectivity index (χ1) is 18.4. The van der Waals surface area contributed by atoms with Gasteiger partial charge in [0.15, 0.2) is 0 Å². The van der Waals surface area contributed by atoms with Gasteiger partial charge < -0.3 is 24.8 Å². The van der Waals surface area contributed by atoms with Gasteiger partial charge in [-0.2, -0.15) is 0 Å². The molecule has 0 radical (unpaired) electrons. The summed E-state index contributed by atoms with van der Waals surface area (Å²) < 4.78 is 15.3. The molecule has 0 heterocycles. The molecule has 0 aliphatic heterocycles. The third kappa shape index (κ3) is 13.3. The normalized spacial score (nSPS) is 11.2. The second kappa shape index (κ2) is 17.4. The van der Waals surface area contributed by atoms with Crippen molar-refractivity contribution in [1.29, 1.82) is 0 Å². The average Bonchev–Trinajstić information content (AvgIpc) is 2.89. The van der Waals surface area contributed by atoms with Crippen LogP contribution in [0.1, 0.15) is 37.3 Å². The number of hydrazine groups is 1. The topological polar surface area (TPSA) is 135 Å². The van der Waals surface area contributed by atoms with Crippen LogP contribution in [0.4, 0.5) is 9.59 Å². The molecule has 3 amide bonds. The van der Waals surface area contributed by atoms with Crippen LogP contribution in [-0.4, -0.2) is 61.9 Å². The molecule has 0 aromatic heterocycles. The number of nitrogens with zero attached hydrogens (tertiary/aromatic N) is 1. The van der Waals surface area contributed by atoms with Crippen molar-refractivity contribution in [1.82, 2.24) is 21.1 Å². The maximum absolute atomic E-state index is 12.5. The van der Waals surface area contributed by atoms with Crippen LogP contribution in [0.5, 0.6) is 0 Å². The van der Waals surface area contributed by atoms with Crippen LogP contribution in [0.25, 0.3) is 0 Å². The standard InChI is InChI=1S/C27H36N4O7/c1-3-36-25(33)18-31(2)30-24(32)17-23(29-27(35)38-20-22-13-8-5-9-14-22)15-10-16-28-26(34)37-19-21-11-6-4-7-12-21/h4-9,11-14,23H,3,10,15-20H2,1-2H3,(H,28,34)(H,29,35)(H,30,32). The van der Waals surface area contributed by atoms with E-state index in [-0.39, 0.29) is 39.3 Å². The molecule has 0 spiro atoms. The van der Waals surface area contributed by atoms with Crippen molar-refractivity contribution in [2.45, 2.75) is 45.4 Å². The Hall–Kier alpha value is -4.12. The van der Waals surface area contributed by atoms with Gasteiger partial charge in [-0.1, -0.05) is 60.7 Å². The predicted molar refractivity (Wildman–Crippen MR) is 139 cm³/mol. The molecule has 1 atom stereocenters. The summed E-state index contributed by atoms with van der Waals surface area (Å²) in [7, 11) is 1.54. The molecular weight excluding hydrogens is 492 g/mol. The zero-order valence-electron chi connectivity index (χ0n) is 21.8. The van der Waals surface area contributed by atoms with E-state index in [1.165, 1.54) is 12.1 Å². The van der Waals surface area contributed by atoms with E-state index in [2.05, 4.69) is 16.1 Å². The molecule has 0 aliphatic carbocycles. The van der Waals surface area contributed by atoms with Gasteiger partial charge in [0.25, 0.3) is 0 Å². The molecule has 0 bridgehead atoms. The molecule has 3 N–H and O–H groups in total. The zero-order valence-corrected chi connectivity index (χ0v) is 21.8. The van der Waals surface area contributed by atoms with Crippen LogP contribution < -0.4 is 16.1 Å². The van der Waals surface area contributed by atoms with E-state index in [9.17, 15) is 19.2 Å². The molecule has 38 heavy (non-hydrogen) atoms. The molecule has 2 rings (SSSR count). The number of ether oxygens (including phenoxy) is 3. The largest absolute Gasteiger partial charge is 0.465 e. The molecule has 2 aromatic carbocycles. The van der Waals surface area contributed by atoms with Gasteiger partial charge in [0.2, 0.25) is 5.91 Å². The minimum atomic E-state index is -0.665. The lowest BCUT2D eigenvalue weighted by Crippen LogP contribution is -2.46. The van der Waals surface area contributed by atoms with Crippen molar-refractivity contribution >= 4 is 24.1 Å². The predicted octanol–water partition coefficient (Wildman–Crippen LogP) is 2.90. The Kier molecular flexibility index (Phi) is 13.8. The molecule has 11 heteroatoms. The number of likely N-dealkylation sites (N-methyl/N-ethyl adjacent to an activating group) is 1. The summed E-state index contributed by atoms with van der Waals surface area (Å²) in [5, 5.41) is 6.69. The van der Waals surface area contributed by atoms with E-state index in [0.717, 1.165) is 11.1 Å². The molecular formula is C27H36N4O7. The quantitative estimate of drug-likeness (QED) is 0.139. The number of nitrogens with one attached hydrogen (secondary N) is 3. The summed E-state index contributed by atoms with van der Waals surface area (Å²) in [5.41, 5.74) is 4.29. The number of hydrogen-bond acceptors (Lipinski definition) is 8. The molecule has 206 valence electrons. The van der Waals surface area contributed by atoms with E-state index in [1.807, 2.05) is 60.7 Å². The summed E-state index contributed by atoms with van der Waals surface area (Å²) in [6, 6.07) is 18.0. The van der Waals surface area contributed by atoms with Crippen molar-refractivity contribution in [3.05, 3.63) is 71.8 Å². The molecule has 0 saturated heterocycles. The van der Waals surface area contributed by atoms with Crippen molar-refractivity contribution in [2.75, 3.05) is 26.7 Å². The van der Waals surface area contributed by atoms with Gasteiger partial charge >= 0.3 is 18.2 Å². The fourth-order valence-corrected chi connectivity index (χ4v) is 3.39. The van der Waals surface area contributed by atoms with Crippen LogP contribution in [0, 0.1) is 0 Å². The molecule has 2 aromatic rings. The van der Waals surface area contributed by atoms with E-state index in [1.54, 1.807) is 6.92 Å². The smallest absolute Gasteiger partial charge is 0.407 e. The van der Waals surface area contributed by atoms with E-state index in [0.29, 0.717) is 12.8 Å². The molecule has 11 nitrogen and oxygen atoms in total. The SMILES string of the molecule is CCOC(=O)CN(C)NC(=O)CC(CCCNC(=O)OCc1ccccc1)NC(=O)OCc1ccccc1. The van der Waals surface area contributed by atoms with Crippen LogP contribution in [0.15, 0.2) is 60.7 Å². The average molecular weight is 529 g/mol. The maximum Gasteiger partial charge on any atom is 0.407 e. The van der Waals surface area contributed by atoms with Gasteiger partial charge in [0.05, 0.1) is 6.61 Å². The molecule has 0 aliphatic rings. The zero-order chi connectivity index (χ0) is 27.6. The molecule has 1 unspecified atom stereocenters. The Balaban J connectivity index is 1.81. The van der Waals surface area contributed by atoms with E-state index < -0.39 is 30.1 Å². The van der Waals surface area contributed by atoms with Crippen molar-refractivity contribution in [3.8, 4) is 0 Å². The Morgan fingerprint density at radius 1 is 0.842 bits per heavy atom. The third-order valence-corrected chi connectivity index (χ3v) is 5.17. The summed E-state index contributed by atoms with van der Waals surface area (Å²) in [6.45, 7) is 2.35. The number of carbonyl (C=O) groups is 4.